The Hall–Kier alpha value is -2.88. The van der Waals surface area contributed by atoms with Crippen LogP contribution in [0.25, 0.3) is 10.8 Å². The molecule has 0 aliphatic rings. The lowest BCUT2D eigenvalue weighted by Crippen LogP contribution is -1.85. The maximum absolute atomic E-state index is 9.53. The number of fused-ring (bicyclic) bond motifs is 1. The van der Waals surface area contributed by atoms with Crippen LogP contribution in [0.15, 0.2) is 60.7 Å². The number of benzene rings is 3. The Morgan fingerprint density at radius 2 is 1.50 bits per heavy atom. The number of hydrogen-bond acceptors (Lipinski definition) is 4. The van der Waals surface area contributed by atoms with Gasteiger partial charge in [0.2, 0.25) is 0 Å². The average Bonchev–Trinajstić information content (AvgIpc) is 2.44. The van der Waals surface area contributed by atoms with E-state index in [4.69, 9.17) is 16.6 Å². The van der Waals surface area contributed by atoms with Crippen LogP contribution in [0.5, 0.6) is 11.5 Å². The molecule has 0 aromatic heterocycles. The maximum atomic E-state index is 9.53. The summed E-state index contributed by atoms with van der Waals surface area (Å²) in [5, 5.41) is 20.1. The Bertz CT molecular complexity index is 709. The number of nitrogens with two attached hydrogens (primary N) is 2. The van der Waals surface area contributed by atoms with Crippen molar-refractivity contribution in [1.82, 2.24) is 0 Å². The van der Waals surface area contributed by atoms with E-state index in [-0.39, 0.29) is 11.5 Å². The van der Waals surface area contributed by atoms with Gasteiger partial charge in [0.25, 0.3) is 0 Å². The number of hydrogen-bond donors (Lipinski definition) is 4. The van der Waals surface area contributed by atoms with Crippen molar-refractivity contribution in [1.29, 1.82) is 0 Å². The largest absolute Gasteiger partial charge is 0.508 e. The number of nitrogen functional groups attached to an aromatic ring is 2. The summed E-state index contributed by atoms with van der Waals surface area (Å²) in [5.74, 6) is 0.387. The zero-order valence-corrected chi connectivity index (χ0v) is 10.8. The van der Waals surface area contributed by atoms with E-state index in [0.29, 0.717) is 11.4 Å². The fourth-order valence-electron chi connectivity index (χ4n) is 1.80. The summed E-state index contributed by atoms with van der Waals surface area (Å²) in [5.41, 5.74) is 11.8. The minimum atomic E-state index is 0.174. The van der Waals surface area contributed by atoms with Gasteiger partial charge in [-0.1, -0.05) is 36.4 Å². The van der Waals surface area contributed by atoms with Gasteiger partial charge in [-0.05, 0) is 23.6 Å². The molecule has 0 saturated carbocycles. The summed E-state index contributed by atoms with van der Waals surface area (Å²) in [6.45, 7) is 0. The standard InChI is InChI=1S/C10H9NO.C6H7NO/c11-9-6-5-7-3-1-2-4-8(7)10(9)12;7-5-2-1-3-6(8)4-5/h1-6,12H,11H2;1-4,8H,7H2. The molecule has 0 radical (unpaired) electrons. The molecule has 0 spiro atoms. The van der Waals surface area contributed by atoms with Crippen molar-refractivity contribution in [3.05, 3.63) is 60.7 Å². The fourth-order valence-corrected chi connectivity index (χ4v) is 1.80. The highest BCUT2D eigenvalue weighted by Gasteiger charge is 2.00. The molecule has 0 bridgehead atoms. The molecule has 0 atom stereocenters. The third-order valence-electron chi connectivity index (χ3n) is 2.80. The van der Waals surface area contributed by atoms with Crippen molar-refractivity contribution in [2.45, 2.75) is 0 Å². The summed E-state index contributed by atoms with van der Waals surface area (Å²) in [7, 11) is 0. The van der Waals surface area contributed by atoms with E-state index < -0.39 is 0 Å². The number of aromatic hydroxyl groups is 2. The molecule has 4 nitrogen and oxygen atoms in total. The van der Waals surface area contributed by atoms with Gasteiger partial charge in [-0.2, -0.15) is 0 Å². The van der Waals surface area contributed by atoms with Gasteiger partial charge in [-0.25, -0.2) is 0 Å². The molecule has 6 N–H and O–H groups in total. The van der Waals surface area contributed by atoms with E-state index in [1.54, 1.807) is 24.3 Å². The molecule has 0 aliphatic carbocycles. The molecule has 0 heterocycles. The van der Waals surface area contributed by atoms with Crippen LogP contribution in [0, 0.1) is 0 Å². The first-order valence-corrected chi connectivity index (χ1v) is 6.08. The van der Waals surface area contributed by atoms with Crippen LogP contribution in [0.1, 0.15) is 0 Å². The number of phenols is 2. The van der Waals surface area contributed by atoms with Crippen LogP contribution in [0.4, 0.5) is 11.4 Å². The average molecular weight is 268 g/mol. The van der Waals surface area contributed by atoms with Crippen LogP contribution < -0.4 is 11.5 Å². The Morgan fingerprint density at radius 3 is 2.15 bits per heavy atom. The van der Waals surface area contributed by atoms with Gasteiger partial charge in [-0.3, -0.25) is 0 Å². The lowest BCUT2D eigenvalue weighted by molar-refractivity contribution is 0.475. The van der Waals surface area contributed by atoms with Gasteiger partial charge < -0.3 is 21.7 Å². The monoisotopic (exact) mass is 268 g/mol. The molecule has 4 heteroatoms. The topological polar surface area (TPSA) is 92.5 Å². The fraction of sp³-hybridized carbons (Fsp3) is 0. The minimum Gasteiger partial charge on any atom is -0.508 e. The van der Waals surface area contributed by atoms with Crippen LogP contribution in [-0.4, -0.2) is 10.2 Å². The molecule has 102 valence electrons. The van der Waals surface area contributed by atoms with Gasteiger partial charge in [0.1, 0.15) is 11.5 Å². The molecule has 0 amide bonds. The van der Waals surface area contributed by atoms with Crippen molar-refractivity contribution in [3.8, 4) is 11.5 Å². The normalized spacial score (nSPS) is 9.80. The second kappa shape index (κ2) is 5.84. The van der Waals surface area contributed by atoms with E-state index in [1.807, 2.05) is 30.3 Å². The molecule has 3 rings (SSSR count). The number of rotatable bonds is 0. The summed E-state index contributed by atoms with van der Waals surface area (Å²) in [4.78, 5) is 0. The summed E-state index contributed by atoms with van der Waals surface area (Å²) < 4.78 is 0. The van der Waals surface area contributed by atoms with Gasteiger partial charge in [0, 0.05) is 17.1 Å². The summed E-state index contributed by atoms with van der Waals surface area (Å²) in [6, 6.07) is 17.7. The van der Waals surface area contributed by atoms with Gasteiger partial charge in [0.05, 0.1) is 5.69 Å². The number of phenolic OH excluding ortho intramolecular Hbond substituents is 2. The summed E-state index contributed by atoms with van der Waals surface area (Å²) in [6.07, 6.45) is 0. The van der Waals surface area contributed by atoms with Gasteiger partial charge in [0.15, 0.2) is 0 Å². The van der Waals surface area contributed by atoms with Crippen LogP contribution >= 0.6 is 0 Å². The van der Waals surface area contributed by atoms with Gasteiger partial charge in [-0.15, -0.1) is 0 Å². The molecule has 0 saturated heterocycles. The Morgan fingerprint density at radius 1 is 0.750 bits per heavy atom. The van der Waals surface area contributed by atoms with E-state index in [1.165, 1.54) is 6.07 Å². The predicted octanol–water partition coefficient (Wildman–Crippen LogP) is 3.10. The molecular formula is C16H16N2O2. The predicted molar refractivity (Wildman–Crippen MR) is 82.5 cm³/mol. The summed E-state index contributed by atoms with van der Waals surface area (Å²) >= 11 is 0. The van der Waals surface area contributed by atoms with E-state index in [9.17, 15) is 5.11 Å². The first-order valence-electron chi connectivity index (χ1n) is 6.08. The maximum Gasteiger partial charge on any atom is 0.146 e. The van der Waals surface area contributed by atoms with E-state index >= 15 is 0 Å². The molecule has 3 aromatic rings. The highest BCUT2D eigenvalue weighted by atomic mass is 16.3. The van der Waals surface area contributed by atoms with Crippen molar-refractivity contribution < 1.29 is 10.2 Å². The lowest BCUT2D eigenvalue weighted by atomic mass is 10.1. The molecule has 0 aliphatic heterocycles. The number of anilines is 2. The SMILES string of the molecule is Nc1ccc2ccccc2c1O.Nc1cccc(O)c1. The molecule has 0 fully saturated rings. The van der Waals surface area contributed by atoms with Crippen LogP contribution in [0.3, 0.4) is 0 Å². The first-order chi connectivity index (χ1) is 9.58. The van der Waals surface area contributed by atoms with Crippen molar-refractivity contribution in [2.24, 2.45) is 0 Å². The Labute approximate surface area is 116 Å². The zero-order valence-electron chi connectivity index (χ0n) is 10.8. The minimum absolute atomic E-state index is 0.174. The smallest absolute Gasteiger partial charge is 0.146 e. The van der Waals surface area contributed by atoms with Crippen LogP contribution in [0.2, 0.25) is 0 Å². The lowest BCUT2D eigenvalue weighted by Gasteiger charge is -2.02. The van der Waals surface area contributed by atoms with Crippen molar-refractivity contribution >= 4 is 22.1 Å². The third kappa shape index (κ3) is 3.11. The van der Waals surface area contributed by atoms with E-state index in [0.717, 1.165) is 10.8 Å². The second-order valence-corrected chi connectivity index (χ2v) is 4.32. The molecule has 3 aromatic carbocycles. The molecule has 20 heavy (non-hydrogen) atoms. The first kappa shape index (κ1) is 13.5. The van der Waals surface area contributed by atoms with Crippen molar-refractivity contribution in [2.75, 3.05) is 11.5 Å². The zero-order chi connectivity index (χ0) is 14.5. The Kier molecular flexibility index (Phi) is 3.96. The van der Waals surface area contributed by atoms with Crippen LogP contribution in [-0.2, 0) is 0 Å². The highest BCUT2D eigenvalue weighted by molar-refractivity contribution is 5.92. The Balaban J connectivity index is 0.000000160. The van der Waals surface area contributed by atoms with E-state index in [2.05, 4.69) is 0 Å². The third-order valence-corrected chi connectivity index (χ3v) is 2.80. The van der Waals surface area contributed by atoms with Gasteiger partial charge >= 0.3 is 0 Å². The highest BCUT2D eigenvalue weighted by Crippen LogP contribution is 2.29. The molecule has 0 unspecified atom stereocenters. The second-order valence-electron chi connectivity index (χ2n) is 4.32. The molecular weight excluding hydrogens is 252 g/mol. The van der Waals surface area contributed by atoms with Crippen molar-refractivity contribution in [3.63, 3.8) is 0 Å². The quantitative estimate of drug-likeness (QED) is 0.372.